The fraction of sp³-hybridized carbons (Fsp3) is 0.167. The minimum atomic E-state index is -0.859. The van der Waals surface area contributed by atoms with E-state index in [-0.39, 0.29) is 0 Å². The van der Waals surface area contributed by atoms with Crippen molar-refractivity contribution in [2.45, 2.75) is 13.0 Å². The first-order chi connectivity index (χ1) is 7.59. The second-order valence-electron chi connectivity index (χ2n) is 3.61. The molecular weight excluding hydrogens is 225 g/mol. The monoisotopic (exact) mass is 237 g/mol. The van der Waals surface area contributed by atoms with E-state index in [0.29, 0.717) is 11.3 Å². The Balaban J connectivity index is 2.45. The van der Waals surface area contributed by atoms with Crippen molar-refractivity contribution in [3.8, 4) is 0 Å². The Morgan fingerprint density at radius 3 is 2.69 bits per heavy atom. The zero-order valence-corrected chi connectivity index (χ0v) is 9.59. The predicted molar refractivity (Wildman–Crippen MR) is 63.9 cm³/mol. The molecule has 0 fully saturated rings. The van der Waals surface area contributed by atoms with Gasteiger partial charge >= 0.3 is 0 Å². The van der Waals surface area contributed by atoms with Crippen molar-refractivity contribution >= 4 is 17.0 Å². The summed E-state index contributed by atoms with van der Waals surface area (Å²) < 4.78 is 13.1. The summed E-state index contributed by atoms with van der Waals surface area (Å²) >= 11 is 1.54. The summed E-state index contributed by atoms with van der Waals surface area (Å²) in [5.41, 5.74) is 7.32. The van der Waals surface area contributed by atoms with Gasteiger partial charge in [0, 0.05) is 16.1 Å². The molecule has 0 saturated heterocycles. The topological polar surface area (TPSA) is 46.2 Å². The van der Waals surface area contributed by atoms with E-state index in [9.17, 15) is 9.50 Å². The van der Waals surface area contributed by atoms with E-state index in [1.54, 1.807) is 11.3 Å². The molecule has 2 nitrogen and oxygen atoms in total. The number of hydrogen-bond acceptors (Lipinski definition) is 3. The molecular formula is C12H12FNOS. The highest BCUT2D eigenvalue weighted by Crippen LogP contribution is 2.31. The average molecular weight is 237 g/mol. The Morgan fingerprint density at radius 1 is 1.31 bits per heavy atom. The van der Waals surface area contributed by atoms with Gasteiger partial charge in [-0.15, -0.1) is 11.3 Å². The van der Waals surface area contributed by atoms with Crippen LogP contribution in [0.1, 0.15) is 22.1 Å². The van der Waals surface area contributed by atoms with Crippen LogP contribution in [0.15, 0.2) is 29.6 Å². The van der Waals surface area contributed by atoms with Crippen LogP contribution < -0.4 is 5.73 Å². The van der Waals surface area contributed by atoms with E-state index in [1.165, 1.54) is 18.2 Å². The molecule has 0 aliphatic rings. The average Bonchev–Trinajstić information content (AvgIpc) is 2.67. The maximum Gasteiger partial charge on any atom is 0.123 e. The van der Waals surface area contributed by atoms with Gasteiger partial charge in [0.25, 0.3) is 0 Å². The van der Waals surface area contributed by atoms with Gasteiger partial charge in [-0.25, -0.2) is 4.39 Å². The third kappa shape index (κ3) is 1.94. The van der Waals surface area contributed by atoms with Crippen LogP contribution in [0.3, 0.4) is 0 Å². The van der Waals surface area contributed by atoms with Gasteiger partial charge in [-0.05, 0) is 42.1 Å². The number of aryl methyl sites for hydroxylation is 1. The quantitative estimate of drug-likeness (QED) is 0.789. The van der Waals surface area contributed by atoms with Crippen molar-refractivity contribution < 1.29 is 9.50 Å². The molecule has 3 N–H and O–H groups in total. The molecule has 1 unspecified atom stereocenters. The first-order valence-electron chi connectivity index (χ1n) is 4.86. The smallest absolute Gasteiger partial charge is 0.123 e. The summed E-state index contributed by atoms with van der Waals surface area (Å²) in [4.78, 5) is 1.01. The number of rotatable bonds is 2. The molecule has 0 amide bonds. The first kappa shape index (κ1) is 11.1. The Morgan fingerprint density at radius 2 is 2.06 bits per heavy atom. The molecule has 1 aromatic carbocycles. The van der Waals surface area contributed by atoms with Gasteiger partial charge in [0.15, 0.2) is 0 Å². The van der Waals surface area contributed by atoms with Crippen LogP contribution in [0.4, 0.5) is 10.1 Å². The van der Waals surface area contributed by atoms with Gasteiger partial charge in [-0.3, -0.25) is 0 Å². The molecule has 2 rings (SSSR count). The van der Waals surface area contributed by atoms with Gasteiger partial charge < -0.3 is 10.8 Å². The second kappa shape index (κ2) is 4.23. The molecule has 84 valence electrons. The van der Waals surface area contributed by atoms with Crippen molar-refractivity contribution in [3.05, 3.63) is 51.5 Å². The lowest BCUT2D eigenvalue weighted by atomic mass is 10.0. The summed E-state index contributed by atoms with van der Waals surface area (Å²) in [7, 11) is 0. The highest BCUT2D eigenvalue weighted by Gasteiger charge is 2.16. The van der Waals surface area contributed by atoms with E-state index in [2.05, 4.69) is 0 Å². The Hall–Kier alpha value is -1.39. The fourth-order valence-electron chi connectivity index (χ4n) is 1.63. The molecule has 2 aromatic rings. The van der Waals surface area contributed by atoms with Crippen molar-refractivity contribution in [2.75, 3.05) is 5.73 Å². The number of nitrogen functional groups attached to an aromatic ring is 1. The second-order valence-corrected chi connectivity index (χ2v) is 4.73. The van der Waals surface area contributed by atoms with Crippen LogP contribution in [0.2, 0.25) is 0 Å². The Labute approximate surface area is 97.2 Å². The van der Waals surface area contributed by atoms with Crippen LogP contribution in [-0.4, -0.2) is 5.11 Å². The van der Waals surface area contributed by atoms with Gasteiger partial charge in [0.05, 0.1) is 0 Å². The molecule has 1 aromatic heterocycles. The number of aliphatic hydroxyl groups excluding tert-OH is 1. The lowest BCUT2D eigenvalue weighted by Gasteiger charge is -2.13. The zero-order chi connectivity index (χ0) is 11.7. The zero-order valence-electron chi connectivity index (χ0n) is 8.77. The molecule has 0 saturated carbocycles. The number of aliphatic hydroxyl groups is 1. The molecule has 16 heavy (non-hydrogen) atoms. The minimum absolute atomic E-state index is 0.392. The van der Waals surface area contributed by atoms with E-state index in [4.69, 9.17) is 5.73 Å². The van der Waals surface area contributed by atoms with E-state index in [0.717, 1.165) is 10.4 Å². The van der Waals surface area contributed by atoms with Crippen LogP contribution >= 0.6 is 11.3 Å². The number of nitrogens with two attached hydrogens (primary N) is 1. The van der Waals surface area contributed by atoms with Crippen LogP contribution in [0, 0.1) is 12.7 Å². The van der Waals surface area contributed by atoms with E-state index < -0.39 is 11.9 Å². The van der Waals surface area contributed by atoms with Gasteiger partial charge in [-0.1, -0.05) is 0 Å². The Kier molecular flexibility index (Phi) is 2.94. The largest absolute Gasteiger partial charge is 0.398 e. The van der Waals surface area contributed by atoms with Crippen LogP contribution in [0.25, 0.3) is 0 Å². The maximum atomic E-state index is 13.1. The Bertz CT molecular complexity index is 509. The molecule has 0 spiro atoms. The van der Waals surface area contributed by atoms with Gasteiger partial charge in [0.1, 0.15) is 11.9 Å². The summed E-state index contributed by atoms with van der Waals surface area (Å²) in [5.74, 6) is -0.392. The molecule has 0 bridgehead atoms. The first-order valence-corrected chi connectivity index (χ1v) is 5.74. The maximum absolute atomic E-state index is 13.1. The van der Waals surface area contributed by atoms with E-state index >= 15 is 0 Å². The fourth-order valence-corrected chi connectivity index (χ4v) is 2.36. The summed E-state index contributed by atoms with van der Waals surface area (Å²) in [6, 6.07) is 5.85. The number of anilines is 1. The number of benzene rings is 1. The molecule has 0 aliphatic carbocycles. The molecule has 1 heterocycles. The van der Waals surface area contributed by atoms with Crippen molar-refractivity contribution in [1.29, 1.82) is 0 Å². The summed E-state index contributed by atoms with van der Waals surface area (Å²) in [6.07, 6.45) is -0.859. The van der Waals surface area contributed by atoms with E-state index in [1.807, 2.05) is 18.4 Å². The van der Waals surface area contributed by atoms with Crippen molar-refractivity contribution in [1.82, 2.24) is 0 Å². The normalized spacial score (nSPS) is 12.7. The van der Waals surface area contributed by atoms with Crippen LogP contribution in [-0.2, 0) is 0 Å². The standard InChI is InChI=1S/C12H12FNOS/c1-7-9(4-5-16-7)12(15)10-6-8(13)2-3-11(10)14/h2-6,12,15H,14H2,1H3. The highest BCUT2D eigenvalue weighted by molar-refractivity contribution is 7.10. The minimum Gasteiger partial charge on any atom is -0.398 e. The van der Waals surface area contributed by atoms with Crippen molar-refractivity contribution in [2.24, 2.45) is 0 Å². The molecule has 0 radical (unpaired) electrons. The van der Waals surface area contributed by atoms with Crippen LogP contribution in [0.5, 0.6) is 0 Å². The molecule has 0 aliphatic heterocycles. The third-order valence-electron chi connectivity index (χ3n) is 2.54. The third-order valence-corrected chi connectivity index (χ3v) is 3.40. The lowest BCUT2D eigenvalue weighted by molar-refractivity contribution is 0.220. The number of thiophene rings is 1. The lowest BCUT2D eigenvalue weighted by Crippen LogP contribution is -2.04. The summed E-state index contributed by atoms with van der Waals surface area (Å²) in [6.45, 7) is 1.92. The highest BCUT2D eigenvalue weighted by atomic mass is 32.1. The molecule has 1 atom stereocenters. The number of hydrogen-bond donors (Lipinski definition) is 2. The summed E-state index contributed by atoms with van der Waals surface area (Å²) in [5, 5.41) is 12.0. The van der Waals surface area contributed by atoms with Gasteiger partial charge in [0.2, 0.25) is 0 Å². The predicted octanol–water partition coefficient (Wildman–Crippen LogP) is 2.86. The van der Waals surface area contributed by atoms with Crippen molar-refractivity contribution in [3.63, 3.8) is 0 Å². The molecule has 4 heteroatoms. The SMILES string of the molecule is Cc1sccc1C(O)c1cc(F)ccc1N. The van der Waals surface area contributed by atoms with Gasteiger partial charge in [-0.2, -0.15) is 0 Å². The number of halogens is 1.